The maximum absolute atomic E-state index is 12.3. The summed E-state index contributed by atoms with van der Waals surface area (Å²) < 4.78 is 28.9. The molecule has 7 heteroatoms. The van der Waals surface area contributed by atoms with E-state index in [1.807, 2.05) is 17.0 Å². The lowest BCUT2D eigenvalue weighted by Gasteiger charge is -2.32. The maximum Gasteiger partial charge on any atom is 0.222 e. The Morgan fingerprint density at radius 1 is 1.29 bits per heavy atom. The molecule has 0 aromatic carbocycles. The van der Waals surface area contributed by atoms with E-state index in [0.29, 0.717) is 32.5 Å². The Morgan fingerprint density at radius 2 is 2.08 bits per heavy atom. The van der Waals surface area contributed by atoms with Crippen molar-refractivity contribution >= 4 is 15.7 Å². The van der Waals surface area contributed by atoms with E-state index in [0.717, 1.165) is 18.4 Å². The van der Waals surface area contributed by atoms with Gasteiger partial charge in [0.2, 0.25) is 5.91 Å². The van der Waals surface area contributed by atoms with Gasteiger partial charge in [0.1, 0.15) is 0 Å². The Bertz CT molecular complexity index is 654. The van der Waals surface area contributed by atoms with Crippen molar-refractivity contribution in [3.63, 3.8) is 0 Å². The summed E-state index contributed by atoms with van der Waals surface area (Å²) in [6.07, 6.45) is 6.35. The van der Waals surface area contributed by atoms with Crippen LogP contribution >= 0.6 is 0 Å². The smallest absolute Gasteiger partial charge is 0.222 e. The number of piperidine rings is 1. The summed E-state index contributed by atoms with van der Waals surface area (Å²) in [7, 11) is -2.91. The summed E-state index contributed by atoms with van der Waals surface area (Å²) >= 11 is 0. The minimum atomic E-state index is -2.91. The summed E-state index contributed by atoms with van der Waals surface area (Å²) in [5.41, 5.74) is 1.05. The van der Waals surface area contributed by atoms with Gasteiger partial charge in [0.25, 0.3) is 0 Å². The summed E-state index contributed by atoms with van der Waals surface area (Å²) in [4.78, 5) is 18.3. The number of hydrogen-bond donors (Lipinski definition) is 0. The van der Waals surface area contributed by atoms with Crippen LogP contribution in [-0.4, -0.2) is 54.9 Å². The molecule has 1 aromatic heterocycles. The Labute approximate surface area is 143 Å². The predicted molar refractivity (Wildman–Crippen MR) is 90.0 cm³/mol. The van der Waals surface area contributed by atoms with Gasteiger partial charge in [-0.2, -0.15) is 0 Å². The van der Waals surface area contributed by atoms with Crippen molar-refractivity contribution in [3.05, 3.63) is 30.1 Å². The molecule has 2 fully saturated rings. The molecule has 0 N–H and O–H groups in total. The van der Waals surface area contributed by atoms with Crippen molar-refractivity contribution in [1.29, 1.82) is 0 Å². The molecule has 1 aromatic rings. The molecule has 3 rings (SSSR count). The van der Waals surface area contributed by atoms with Crippen molar-refractivity contribution in [2.75, 3.05) is 24.6 Å². The Morgan fingerprint density at radius 3 is 2.71 bits per heavy atom. The normalized spacial score (nSPS) is 24.2. The highest BCUT2D eigenvalue weighted by molar-refractivity contribution is 7.91. The van der Waals surface area contributed by atoms with Crippen molar-refractivity contribution in [1.82, 2.24) is 9.88 Å². The lowest BCUT2D eigenvalue weighted by Crippen LogP contribution is -2.41. The monoisotopic (exact) mass is 352 g/mol. The van der Waals surface area contributed by atoms with Crippen LogP contribution in [0.4, 0.5) is 0 Å². The number of likely N-dealkylation sites (tertiary alicyclic amines) is 1. The third-order valence-electron chi connectivity index (χ3n) is 4.79. The number of amides is 1. The number of sulfone groups is 1. The number of pyridine rings is 1. The fraction of sp³-hybridized carbons (Fsp3) is 0.647. The predicted octanol–water partition coefficient (Wildman–Crippen LogP) is 1.41. The van der Waals surface area contributed by atoms with Crippen LogP contribution in [0.5, 0.6) is 0 Å². The molecule has 2 aliphatic heterocycles. The second kappa shape index (κ2) is 7.61. The third-order valence-corrected chi connectivity index (χ3v) is 6.63. The summed E-state index contributed by atoms with van der Waals surface area (Å²) in [5, 5.41) is 0. The van der Waals surface area contributed by atoms with Crippen molar-refractivity contribution in [2.45, 2.75) is 38.4 Å². The minimum Gasteiger partial charge on any atom is -0.373 e. The van der Waals surface area contributed by atoms with Crippen molar-refractivity contribution < 1.29 is 17.9 Å². The number of carbonyl (C=O) groups excluding carboxylic acids is 1. The Kier molecular flexibility index (Phi) is 5.50. The fourth-order valence-corrected chi connectivity index (χ4v) is 5.24. The van der Waals surface area contributed by atoms with Gasteiger partial charge in [0, 0.05) is 31.9 Å². The third kappa shape index (κ3) is 4.77. The number of ether oxygens (including phenoxy) is 1. The minimum absolute atomic E-state index is 0.00190. The van der Waals surface area contributed by atoms with Crippen LogP contribution in [0.25, 0.3) is 0 Å². The van der Waals surface area contributed by atoms with Gasteiger partial charge in [-0.05, 0) is 36.8 Å². The average Bonchev–Trinajstić information content (AvgIpc) is 2.93. The van der Waals surface area contributed by atoms with Crippen molar-refractivity contribution in [2.24, 2.45) is 5.92 Å². The number of nitrogens with zero attached hydrogens (tertiary/aromatic N) is 2. The molecule has 6 nitrogen and oxygen atoms in total. The molecule has 24 heavy (non-hydrogen) atoms. The highest BCUT2D eigenvalue weighted by Gasteiger charge is 2.31. The van der Waals surface area contributed by atoms with Crippen LogP contribution in [0.15, 0.2) is 24.5 Å². The highest BCUT2D eigenvalue weighted by atomic mass is 32.2. The topological polar surface area (TPSA) is 76.6 Å². The van der Waals surface area contributed by atoms with E-state index in [1.54, 1.807) is 12.4 Å². The molecule has 1 atom stereocenters. The molecule has 132 valence electrons. The van der Waals surface area contributed by atoms with Gasteiger partial charge in [-0.25, -0.2) is 8.42 Å². The van der Waals surface area contributed by atoms with Gasteiger partial charge in [-0.3, -0.25) is 9.78 Å². The quantitative estimate of drug-likeness (QED) is 0.801. The van der Waals surface area contributed by atoms with E-state index < -0.39 is 9.84 Å². The molecule has 0 bridgehead atoms. The first-order chi connectivity index (χ1) is 11.5. The molecule has 0 saturated carbocycles. The van der Waals surface area contributed by atoms with E-state index in [9.17, 15) is 13.2 Å². The van der Waals surface area contributed by atoms with E-state index in [-0.39, 0.29) is 29.4 Å². The SMILES string of the molecule is O=C(C[C@@H]1CCS(=O)(=O)C1)N1CCC(OCc2cccnc2)CC1. The van der Waals surface area contributed by atoms with Gasteiger partial charge >= 0.3 is 0 Å². The van der Waals surface area contributed by atoms with E-state index in [2.05, 4.69) is 4.98 Å². The van der Waals surface area contributed by atoms with Crippen LogP contribution in [0.1, 0.15) is 31.2 Å². The number of rotatable bonds is 5. The molecule has 0 spiro atoms. The molecule has 2 aliphatic rings. The summed E-state index contributed by atoms with van der Waals surface area (Å²) in [6.45, 7) is 1.93. The first-order valence-corrected chi connectivity index (χ1v) is 10.3. The lowest BCUT2D eigenvalue weighted by molar-refractivity contribution is -0.134. The first kappa shape index (κ1) is 17.4. The molecule has 0 radical (unpaired) electrons. The summed E-state index contributed by atoms with van der Waals surface area (Å²) in [6, 6.07) is 3.88. The summed E-state index contributed by atoms with van der Waals surface area (Å²) in [5.74, 6) is 0.489. The average molecular weight is 352 g/mol. The van der Waals surface area contributed by atoms with Gasteiger partial charge < -0.3 is 9.64 Å². The fourth-order valence-electron chi connectivity index (χ4n) is 3.38. The van der Waals surface area contributed by atoms with Gasteiger partial charge in [0.05, 0.1) is 24.2 Å². The molecular formula is C17H24N2O4S. The lowest BCUT2D eigenvalue weighted by atomic mass is 10.0. The van der Waals surface area contributed by atoms with Crippen LogP contribution in [-0.2, 0) is 26.0 Å². The van der Waals surface area contributed by atoms with E-state index >= 15 is 0 Å². The second-order valence-electron chi connectivity index (χ2n) is 6.73. The van der Waals surface area contributed by atoms with Gasteiger partial charge in [0.15, 0.2) is 9.84 Å². The molecule has 2 saturated heterocycles. The van der Waals surface area contributed by atoms with Crippen LogP contribution in [0.3, 0.4) is 0 Å². The molecule has 3 heterocycles. The van der Waals surface area contributed by atoms with Crippen molar-refractivity contribution in [3.8, 4) is 0 Å². The van der Waals surface area contributed by atoms with E-state index in [1.165, 1.54) is 0 Å². The number of aromatic nitrogens is 1. The van der Waals surface area contributed by atoms with Crippen LogP contribution in [0, 0.1) is 5.92 Å². The number of carbonyl (C=O) groups is 1. The highest BCUT2D eigenvalue weighted by Crippen LogP contribution is 2.24. The standard InChI is InChI=1S/C17H24N2O4S/c20-17(10-14-5-9-24(21,22)13-14)19-7-3-16(4-8-19)23-12-15-2-1-6-18-11-15/h1-2,6,11,14,16H,3-5,7-10,12-13H2/t14-/m0/s1. The molecule has 0 unspecified atom stereocenters. The van der Waals surface area contributed by atoms with Crippen LogP contribution < -0.4 is 0 Å². The largest absolute Gasteiger partial charge is 0.373 e. The molecule has 0 aliphatic carbocycles. The van der Waals surface area contributed by atoms with Gasteiger partial charge in [-0.1, -0.05) is 6.07 Å². The zero-order chi connectivity index (χ0) is 17.0. The van der Waals surface area contributed by atoms with E-state index in [4.69, 9.17) is 4.74 Å². The zero-order valence-electron chi connectivity index (χ0n) is 13.8. The first-order valence-electron chi connectivity index (χ1n) is 8.50. The maximum atomic E-state index is 12.3. The van der Waals surface area contributed by atoms with Crippen LogP contribution in [0.2, 0.25) is 0 Å². The second-order valence-corrected chi connectivity index (χ2v) is 8.95. The zero-order valence-corrected chi connectivity index (χ0v) is 14.6. The van der Waals surface area contributed by atoms with Gasteiger partial charge in [-0.15, -0.1) is 0 Å². The molecule has 1 amide bonds. The Hall–Kier alpha value is -1.47. The number of hydrogen-bond acceptors (Lipinski definition) is 5. The Balaban J connectivity index is 1.39. The molecular weight excluding hydrogens is 328 g/mol.